The van der Waals surface area contributed by atoms with Crippen molar-refractivity contribution in [3.8, 4) is 0 Å². The zero-order valence-electron chi connectivity index (χ0n) is 4.84. The molecule has 0 saturated carbocycles. The second-order valence-corrected chi connectivity index (χ2v) is 2.07. The number of halogens is 1. The fourth-order valence-corrected chi connectivity index (χ4v) is 0.691. The molecule has 0 aromatic rings. The lowest BCUT2D eigenvalue weighted by Crippen LogP contribution is -2.08. The molecule has 0 aliphatic heterocycles. The van der Waals surface area contributed by atoms with E-state index in [2.05, 4.69) is 0 Å². The van der Waals surface area contributed by atoms with Crippen LogP contribution in [0.25, 0.3) is 0 Å². The van der Waals surface area contributed by atoms with Gasteiger partial charge in [0.2, 0.25) is 0 Å². The van der Waals surface area contributed by atoms with Gasteiger partial charge in [-0.1, -0.05) is 31.2 Å². The average Bonchev–Trinajstić information content (AvgIpc) is 1.77. The van der Waals surface area contributed by atoms with Crippen LogP contribution in [0.3, 0.4) is 0 Å². The van der Waals surface area contributed by atoms with Crippen LogP contribution in [0.1, 0.15) is 6.92 Å². The molecule has 0 heterocycles. The number of hydrogen-bond acceptors (Lipinski definition) is 0. The summed E-state index contributed by atoms with van der Waals surface area (Å²) in [5, 5.41) is 0. The fraction of sp³-hybridized carbons (Fsp3) is 0.429. The highest BCUT2D eigenvalue weighted by Crippen LogP contribution is 2.13. The van der Waals surface area contributed by atoms with Crippen LogP contribution in [0.15, 0.2) is 24.3 Å². The quantitative estimate of drug-likeness (QED) is 0.450. The minimum Gasteiger partial charge on any atom is -0.242 e. The van der Waals surface area contributed by atoms with Crippen LogP contribution < -0.4 is 0 Å². The van der Waals surface area contributed by atoms with Crippen molar-refractivity contribution in [2.24, 2.45) is 5.92 Å². The summed E-state index contributed by atoms with van der Waals surface area (Å²) in [6, 6.07) is 0. The van der Waals surface area contributed by atoms with Gasteiger partial charge in [-0.05, 0) is 0 Å². The summed E-state index contributed by atoms with van der Waals surface area (Å²) in [7, 11) is 0. The number of rotatable bonds is 0. The van der Waals surface area contributed by atoms with E-state index in [1.807, 2.05) is 19.1 Å². The van der Waals surface area contributed by atoms with Crippen LogP contribution in [0.4, 0.5) is 4.39 Å². The Balaban J connectivity index is 2.59. The van der Waals surface area contributed by atoms with E-state index in [4.69, 9.17) is 0 Å². The van der Waals surface area contributed by atoms with Crippen molar-refractivity contribution in [2.75, 3.05) is 0 Å². The van der Waals surface area contributed by atoms with Crippen LogP contribution in [0, 0.1) is 5.92 Å². The predicted octanol–water partition coefficient (Wildman–Crippen LogP) is 2.09. The molecule has 0 N–H and O–H groups in total. The average molecular weight is 112 g/mol. The molecule has 8 heavy (non-hydrogen) atoms. The molecule has 0 amide bonds. The Hall–Kier alpha value is -0.590. The highest BCUT2D eigenvalue weighted by molar-refractivity contribution is 5.14. The molecule has 0 nitrogen and oxygen atoms in total. The lowest BCUT2D eigenvalue weighted by molar-refractivity contribution is 0.334. The summed E-state index contributed by atoms with van der Waals surface area (Å²) in [4.78, 5) is 0. The molecule has 0 bridgehead atoms. The van der Waals surface area contributed by atoms with E-state index in [0.29, 0.717) is 0 Å². The Bertz CT molecular complexity index is 108. The standard InChI is InChI=1S/C7H9F/c1-6-4-2-3-5-7(6)8/h2-7H,1H3/t6-,7?/m1/s1. The van der Waals surface area contributed by atoms with Gasteiger partial charge in [-0.2, -0.15) is 0 Å². The number of hydrogen-bond donors (Lipinski definition) is 0. The summed E-state index contributed by atoms with van der Waals surface area (Å²) in [6.07, 6.45) is 6.29. The van der Waals surface area contributed by atoms with Crippen molar-refractivity contribution in [2.45, 2.75) is 13.1 Å². The molecular formula is C7H9F. The van der Waals surface area contributed by atoms with Crippen molar-refractivity contribution in [3.05, 3.63) is 24.3 Å². The molecule has 0 aromatic heterocycles. The Labute approximate surface area is 48.7 Å². The van der Waals surface area contributed by atoms with Crippen molar-refractivity contribution in [1.29, 1.82) is 0 Å². The van der Waals surface area contributed by atoms with Crippen LogP contribution >= 0.6 is 0 Å². The maximum absolute atomic E-state index is 12.4. The lowest BCUT2D eigenvalue weighted by atomic mass is 10.0. The third-order valence-corrected chi connectivity index (χ3v) is 1.32. The van der Waals surface area contributed by atoms with Crippen molar-refractivity contribution >= 4 is 0 Å². The van der Waals surface area contributed by atoms with E-state index in [0.717, 1.165) is 0 Å². The molecule has 1 aliphatic rings. The molecule has 1 aliphatic carbocycles. The molecule has 2 atom stereocenters. The first kappa shape index (κ1) is 5.54. The van der Waals surface area contributed by atoms with Gasteiger partial charge in [-0.15, -0.1) is 0 Å². The van der Waals surface area contributed by atoms with Gasteiger partial charge in [0.1, 0.15) is 6.17 Å². The van der Waals surface area contributed by atoms with Gasteiger partial charge in [0.25, 0.3) is 0 Å². The van der Waals surface area contributed by atoms with E-state index in [9.17, 15) is 4.39 Å². The van der Waals surface area contributed by atoms with E-state index < -0.39 is 6.17 Å². The largest absolute Gasteiger partial charge is 0.242 e. The zero-order chi connectivity index (χ0) is 5.98. The molecule has 0 fully saturated rings. The van der Waals surface area contributed by atoms with Gasteiger partial charge in [0.15, 0.2) is 0 Å². The van der Waals surface area contributed by atoms with Crippen LogP contribution in [0.2, 0.25) is 0 Å². The summed E-state index contributed by atoms with van der Waals surface area (Å²) < 4.78 is 12.4. The monoisotopic (exact) mass is 112 g/mol. The van der Waals surface area contributed by atoms with Crippen LogP contribution in [-0.2, 0) is 0 Å². The highest BCUT2D eigenvalue weighted by atomic mass is 19.1. The second kappa shape index (κ2) is 2.12. The van der Waals surface area contributed by atoms with E-state index in [1.54, 1.807) is 12.2 Å². The van der Waals surface area contributed by atoms with E-state index in [-0.39, 0.29) is 5.92 Å². The van der Waals surface area contributed by atoms with E-state index >= 15 is 0 Å². The molecule has 1 unspecified atom stereocenters. The summed E-state index contributed by atoms with van der Waals surface area (Å²) in [5.74, 6) is 0.0694. The number of alkyl halides is 1. The first-order valence-electron chi connectivity index (χ1n) is 2.80. The predicted molar refractivity (Wildman–Crippen MR) is 32.3 cm³/mol. The Morgan fingerprint density at radius 2 is 1.88 bits per heavy atom. The first-order chi connectivity index (χ1) is 3.80. The first-order valence-corrected chi connectivity index (χ1v) is 2.80. The molecule has 0 radical (unpaired) electrons. The van der Waals surface area contributed by atoms with Crippen LogP contribution in [-0.4, -0.2) is 6.17 Å². The summed E-state index contributed by atoms with van der Waals surface area (Å²) in [5.41, 5.74) is 0. The number of allylic oxidation sites excluding steroid dienone is 4. The van der Waals surface area contributed by atoms with Gasteiger partial charge in [0, 0.05) is 5.92 Å². The molecule has 1 rings (SSSR count). The van der Waals surface area contributed by atoms with Gasteiger partial charge >= 0.3 is 0 Å². The van der Waals surface area contributed by atoms with Gasteiger partial charge in [0.05, 0.1) is 0 Å². The van der Waals surface area contributed by atoms with Crippen molar-refractivity contribution in [1.82, 2.24) is 0 Å². The molecular weight excluding hydrogens is 103 g/mol. The van der Waals surface area contributed by atoms with Crippen LogP contribution in [0.5, 0.6) is 0 Å². The molecule has 0 saturated heterocycles. The molecule has 44 valence electrons. The smallest absolute Gasteiger partial charge is 0.125 e. The maximum atomic E-state index is 12.4. The minimum atomic E-state index is -0.764. The van der Waals surface area contributed by atoms with Crippen molar-refractivity contribution < 1.29 is 4.39 Å². The van der Waals surface area contributed by atoms with Gasteiger partial charge < -0.3 is 0 Å². The Morgan fingerprint density at radius 1 is 1.25 bits per heavy atom. The Kier molecular flexibility index (Phi) is 1.47. The summed E-state index contributed by atoms with van der Waals surface area (Å²) >= 11 is 0. The van der Waals surface area contributed by atoms with Gasteiger partial charge in [-0.3, -0.25) is 0 Å². The maximum Gasteiger partial charge on any atom is 0.125 e. The third-order valence-electron chi connectivity index (χ3n) is 1.32. The molecule has 0 spiro atoms. The molecule has 0 aromatic carbocycles. The highest BCUT2D eigenvalue weighted by Gasteiger charge is 2.10. The minimum absolute atomic E-state index is 0.0694. The fourth-order valence-electron chi connectivity index (χ4n) is 0.691. The second-order valence-electron chi connectivity index (χ2n) is 2.07. The Morgan fingerprint density at radius 3 is 2.25 bits per heavy atom. The zero-order valence-corrected chi connectivity index (χ0v) is 4.84. The van der Waals surface area contributed by atoms with Crippen molar-refractivity contribution in [3.63, 3.8) is 0 Å². The third kappa shape index (κ3) is 0.971. The van der Waals surface area contributed by atoms with E-state index in [1.165, 1.54) is 0 Å². The summed E-state index contributed by atoms with van der Waals surface area (Å²) in [6.45, 7) is 1.87. The molecule has 1 heteroatoms. The van der Waals surface area contributed by atoms with Gasteiger partial charge in [-0.25, -0.2) is 4.39 Å². The lowest BCUT2D eigenvalue weighted by Gasteiger charge is -2.09. The SMILES string of the molecule is C[C@@H]1C=CC=CC1F. The topological polar surface area (TPSA) is 0 Å². The normalized spacial score (nSPS) is 35.8.